The normalized spacial score (nSPS) is 12.4. The molecular weight excluding hydrogens is 270 g/mol. The van der Waals surface area contributed by atoms with Crippen LogP contribution in [0.4, 0.5) is 0 Å². The number of nitrogens with zero attached hydrogens (tertiary/aromatic N) is 1. The standard InChI is InChI=1S/C12H14ClN3OS/c1-6(10-7(2)15-16-8(10)3)14-12(17)11-9(13)4-5-18-11/h4-6H,1-3H3,(H,14,17)(H,15,16)/t6-/m1/s1. The molecule has 0 aliphatic rings. The molecule has 0 fully saturated rings. The number of aromatic amines is 1. The quantitative estimate of drug-likeness (QED) is 0.908. The summed E-state index contributed by atoms with van der Waals surface area (Å²) in [4.78, 5) is 12.6. The van der Waals surface area contributed by atoms with Crippen molar-refractivity contribution in [2.45, 2.75) is 26.8 Å². The molecule has 0 aromatic carbocycles. The zero-order valence-corrected chi connectivity index (χ0v) is 11.9. The number of aryl methyl sites for hydroxylation is 2. The van der Waals surface area contributed by atoms with Crippen molar-refractivity contribution in [2.75, 3.05) is 0 Å². The van der Waals surface area contributed by atoms with Gasteiger partial charge in [-0.1, -0.05) is 11.6 Å². The first kappa shape index (κ1) is 13.1. The highest BCUT2D eigenvalue weighted by Gasteiger charge is 2.19. The Bertz CT molecular complexity index is 556. The van der Waals surface area contributed by atoms with Gasteiger partial charge in [-0.15, -0.1) is 11.3 Å². The summed E-state index contributed by atoms with van der Waals surface area (Å²) in [5.74, 6) is -0.150. The lowest BCUT2D eigenvalue weighted by molar-refractivity contribution is 0.0944. The molecule has 18 heavy (non-hydrogen) atoms. The van der Waals surface area contributed by atoms with Gasteiger partial charge in [-0.25, -0.2) is 0 Å². The van der Waals surface area contributed by atoms with E-state index in [0.29, 0.717) is 9.90 Å². The minimum Gasteiger partial charge on any atom is -0.345 e. The molecule has 0 saturated carbocycles. The van der Waals surface area contributed by atoms with Crippen LogP contribution in [-0.4, -0.2) is 16.1 Å². The van der Waals surface area contributed by atoms with E-state index in [1.54, 1.807) is 11.4 Å². The molecule has 0 bridgehead atoms. The molecule has 0 radical (unpaired) electrons. The van der Waals surface area contributed by atoms with Crippen molar-refractivity contribution in [2.24, 2.45) is 0 Å². The maximum Gasteiger partial charge on any atom is 0.263 e. The van der Waals surface area contributed by atoms with Crippen LogP contribution in [0, 0.1) is 13.8 Å². The summed E-state index contributed by atoms with van der Waals surface area (Å²) in [7, 11) is 0. The second kappa shape index (κ2) is 5.12. The van der Waals surface area contributed by atoms with Gasteiger partial charge in [0.25, 0.3) is 5.91 Å². The van der Waals surface area contributed by atoms with Crippen LogP contribution < -0.4 is 5.32 Å². The third kappa shape index (κ3) is 2.42. The van der Waals surface area contributed by atoms with Crippen molar-refractivity contribution in [1.29, 1.82) is 0 Å². The fourth-order valence-corrected chi connectivity index (χ4v) is 3.03. The van der Waals surface area contributed by atoms with Crippen LogP contribution in [0.25, 0.3) is 0 Å². The summed E-state index contributed by atoms with van der Waals surface area (Å²) in [5, 5.41) is 12.3. The van der Waals surface area contributed by atoms with Crippen molar-refractivity contribution in [3.05, 3.63) is 38.3 Å². The van der Waals surface area contributed by atoms with Crippen molar-refractivity contribution < 1.29 is 4.79 Å². The van der Waals surface area contributed by atoms with Crippen molar-refractivity contribution in [1.82, 2.24) is 15.5 Å². The maximum absolute atomic E-state index is 12.0. The molecule has 4 nitrogen and oxygen atoms in total. The lowest BCUT2D eigenvalue weighted by atomic mass is 10.1. The number of amides is 1. The van der Waals surface area contributed by atoms with Crippen LogP contribution in [0.2, 0.25) is 5.02 Å². The van der Waals surface area contributed by atoms with E-state index in [2.05, 4.69) is 15.5 Å². The summed E-state index contributed by atoms with van der Waals surface area (Å²) < 4.78 is 0. The van der Waals surface area contributed by atoms with E-state index in [-0.39, 0.29) is 11.9 Å². The first-order chi connectivity index (χ1) is 8.50. The number of H-pyrrole nitrogens is 1. The molecular formula is C12H14ClN3OS. The Hall–Kier alpha value is -1.33. The molecule has 2 N–H and O–H groups in total. The fourth-order valence-electron chi connectivity index (χ4n) is 1.99. The molecule has 0 saturated heterocycles. The summed E-state index contributed by atoms with van der Waals surface area (Å²) in [6.45, 7) is 5.79. The fraction of sp³-hybridized carbons (Fsp3) is 0.333. The van der Waals surface area contributed by atoms with Crippen LogP contribution in [0.5, 0.6) is 0 Å². The van der Waals surface area contributed by atoms with Gasteiger partial charge < -0.3 is 5.32 Å². The number of halogens is 1. The predicted molar refractivity (Wildman–Crippen MR) is 73.3 cm³/mol. The molecule has 1 amide bonds. The molecule has 2 aromatic rings. The summed E-state index contributed by atoms with van der Waals surface area (Å²) in [5.41, 5.74) is 2.89. The second-order valence-electron chi connectivity index (χ2n) is 4.14. The Morgan fingerprint density at radius 2 is 2.28 bits per heavy atom. The van der Waals surface area contributed by atoms with E-state index in [1.807, 2.05) is 20.8 Å². The van der Waals surface area contributed by atoms with Crippen molar-refractivity contribution in [3.63, 3.8) is 0 Å². The number of hydrogen-bond donors (Lipinski definition) is 2. The zero-order chi connectivity index (χ0) is 13.3. The predicted octanol–water partition coefficient (Wildman–Crippen LogP) is 3.23. The molecule has 0 unspecified atom stereocenters. The van der Waals surface area contributed by atoms with Gasteiger partial charge in [0.05, 0.1) is 16.8 Å². The molecule has 6 heteroatoms. The molecule has 0 aliphatic heterocycles. The topological polar surface area (TPSA) is 57.8 Å². The Balaban J connectivity index is 2.16. The smallest absolute Gasteiger partial charge is 0.263 e. The van der Waals surface area contributed by atoms with Crippen LogP contribution in [0.3, 0.4) is 0 Å². The Morgan fingerprint density at radius 1 is 1.56 bits per heavy atom. The average molecular weight is 284 g/mol. The monoisotopic (exact) mass is 283 g/mol. The summed E-state index contributed by atoms with van der Waals surface area (Å²) in [6.07, 6.45) is 0. The molecule has 0 spiro atoms. The van der Waals surface area contributed by atoms with Crippen LogP contribution >= 0.6 is 22.9 Å². The van der Waals surface area contributed by atoms with E-state index >= 15 is 0 Å². The highest BCUT2D eigenvalue weighted by Crippen LogP contribution is 2.24. The van der Waals surface area contributed by atoms with Gasteiger partial charge >= 0.3 is 0 Å². The molecule has 2 heterocycles. The molecule has 2 aromatic heterocycles. The maximum atomic E-state index is 12.0. The number of hydrogen-bond acceptors (Lipinski definition) is 3. The van der Waals surface area contributed by atoms with Crippen molar-refractivity contribution >= 4 is 28.8 Å². The van der Waals surface area contributed by atoms with Gasteiger partial charge in [0, 0.05) is 11.3 Å². The number of carbonyl (C=O) groups excluding carboxylic acids is 1. The second-order valence-corrected chi connectivity index (χ2v) is 5.46. The Morgan fingerprint density at radius 3 is 2.78 bits per heavy atom. The minimum absolute atomic E-state index is 0.102. The van der Waals surface area contributed by atoms with Crippen LogP contribution in [0.15, 0.2) is 11.4 Å². The van der Waals surface area contributed by atoms with E-state index in [9.17, 15) is 4.79 Å². The van der Waals surface area contributed by atoms with Gasteiger partial charge in [-0.05, 0) is 32.2 Å². The first-order valence-corrected chi connectivity index (χ1v) is 6.81. The van der Waals surface area contributed by atoms with Crippen LogP contribution in [0.1, 0.15) is 39.6 Å². The van der Waals surface area contributed by atoms with Gasteiger partial charge in [-0.3, -0.25) is 9.89 Å². The van der Waals surface area contributed by atoms with E-state index < -0.39 is 0 Å². The highest BCUT2D eigenvalue weighted by atomic mass is 35.5. The third-order valence-corrected chi connectivity index (χ3v) is 4.13. The summed E-state index contributed by atoms with van der Waals surface area (Å²) >= 11 is 7.27. The Kier molecular flexibility index (Phi) is 3.73. The SMILES string of the molecule is Cc1n[nH]c(C)c1[C@@H](C)NC(=O)c1sccc1Cl. The Labute approximate surface area is 114 Å². The minimum atomic E-state index is -0.150. The van der Waals surface area contributed by atoms with Crippen molar-refractivity contribution in [3.8, 4) is 0 Å². The lowest BCUT2D eigenvalue weighted by Gasteiger charge is -2.14. The van der Waals surface area contributed by atoms with Gasteiger partial charge in [0.15, 0.2) is 0 Å². The number of rotatable bonds is 3. The number of thiophene rings is 1. The van der Waals surface area contributed by atoms with E-state index in [4.69, 9.17) is 11.6 Å². The lowest BCUT2D eigenvalue weighted by Crippen LogP contribution is -2.26. The zero-order valence-electron chi connectivity index (χ0n) is 10.4. The molecule has 1 atom stereocenters. The first-order valence-electron chi connectivity index (χ1n) is 5.56. The molecule has 0 aliphatic carbocycles. The van der Waals surface area contributed by atoms with Crippen LogP contribution in [-0.2, 0) is 0 Å². The number of aromatic nitrogens is 2. The van der Waals surface area contributed by atoms with E-state index in [0.717, 1.165) is 17.0 Å². The molecule has 96 valence electrons. The van der Waals surface area contributed by atoms with Gasteiger partial charge in [0.1, 0.15) is 4.88 Å². The third-order valence-electron chi connectivity index (χ3n) is 2.79. The van der Waals surface area contributed by atoms with Gasteiger partial charge in [-0.2, -0.15) is 5.10 Å². The average Bonchev–Trinajstić information content (AvgIpc) is 2.85. The summed E-state index contributed by atoms with van der Waals surface area (Å²) in [6, 6.07) is 1.62. The largest absolute Gasteiger partial charge is 0.345 e. The van der Waals surface area contributed by atoms with E-state index in [1.165, 1.54) is 11.3 Å². The number of nitrogens with one attached hydrogen (secondary N) is 2. The highest BCUT2D eigenvalue weighted by molar-refractivity contribution is 7.12. The van der Waals surface area contributed by atoms with Gasteiger partial charge in [0.2, 0.25) is 0 Å². The molecule has 2 rings (SSSR count). The number of carbonyl (C=O) groups is 1.